The molecule has 0 bridgehead atoms. The quantitative estimate of drug-likeness (QED) is 0.631. The molecular weight excluding hydrogens is 460 g/mol. The lowest BCUT2D eigenvalue weighted by molar-refractivity contribution is -0.127. The van der Waals surface area contributed by atoms with E-state index in [1.54, 1.807) is 41.3 Å². The Hall–Kier alpha value is -2.36. The van der Waals surface area contributed by atoms with Crippen molar-refractivity contribution in [1.82, 2.24) is 9.21 Å². The van der Waals surface area contributed by atoms with E-state index in [1.807, 2.05) is 12.1 Å². The SMILES string of the molecule is O=C(/C=C/c1ccc2c(c1)OCO2)N1CCN(S(=O)(=O)c2ccccc2Br)CC1. The van der Waals surface area contributed by atoms with Crippen molar-refractivity contribution in [3.63, 3.8) is 0 Å². The van der Waals surface area contributed by atoms with E-state index in [9.17, 15) is 13.2 Å². The van der Waals surface area contributed by atoms with Gasteiger partial charge in [0.15, 0.2) is 11.5 Å². The van der Waals surface area contributed by atoms with Crippen LogP contribution in [0.4, 0.5) is 0 Å². The number of piperazine rings is 1. The molecule has 7 nitrogen and oxygen atoms in total. The van der Waals surface area contributed by atoms with E-state index in [0.717, 1.165) is 5.56 Å². The number of hydrogen-bond donors (Lipinski definition) is 0. The average molecular weight is 479 g/mol. The van der Waals surface area contributed by atoms with Gasteiger partial charge in [0.05, 0.1) is 4.90 Å². The number of hydrogen-bond acceptors (Lipinski definition) is 5. The number of carbonyl (C=O) groups excluding carboxylic acids is 1. The van der Waals surface area contributed by atoms with Crippen LogP contribution in [0.25, 0.3) is 6.08 Å². The number of halogens is 1. The van der Waals surface area contributed by atoms with E-state index < -0.39 is 10.0 Å². The fraction of sp³-hybridized carbons (Fsp3) is 0.250. The summed E-state index contributed by atoms with van der Waals surface area (Å²) in [6.07, 6.45) is 3.21. The Morgan fingerprint density at radius 3 is 2.48 bits per heavy atom. The molecule has 0 N–H and O–H groups in total. The molecule has 4 rings (SSSR count). The third kappa shape index (κ3) is 4.17. The van der Waals surface area contributed by atoms with Gasteiger partial charge in [0.25, 0.3) is 0 Å². The largest absolute Gasteiger partial charge is 0.454 e. The smallest absolute Gasteiger partial charge is 0.246 e. The van der Waals surface area contributed by atoms with Crippen LogP contribution in [0.5, 0.6) is 11.5 Å². The maximum absolute atomic E-state index is 12.8. The summed E-state index contributed by atoms with van der Waals surface area (Å²) in [6, 6.07) is 12.2. The van der Waals surface area contributed by atoms with Crippen LogP contribution in [0.15, 0.2) is 57.9 Å². The number of sulfonamides is 1. The van der Waals surface area contributed by atoms with Crippen molar-refractivity contribution >= 4 is 37.9 Å². The van der Waals surface area contributed by atoms with Crippen molar-refractivity contribution in [2.24, 2.45) is 0 Å². The van der Waals surface area contributed by atoms with Gasteiger partial charge in [-0.05, 0) is 51.8 Å². The average Bonchev–Trinajstić information content (AvgIpc) is 3.20. The Bertz CT molecular complexity index is 1060. The molecule has 152 valence electrons. The Morgan fingerprint density at radius 2 is 1.72 bits per heavy atom. The normalized spacial score (nSPS) is 17.1. The summed E-state index contributed by atoms with van der Waals surface area (Å²) in [7, 11) is -3.60. The molecule has 2 heterocycles. The highest BCUT2D eigenvalue weighted by Gasteiger charge is 2.30. The minimum absolute atomic E-state index is 0.152. The lowest BCUT2D eigenvalue weighted by Crippen LogP contribution is -2.50. The van der Waals surface area contributed by atoms with Crippen molar-refractivity contribution in [2.75, 3.05) is 33.0 Å². The van der Waals surface area contributed by atoms with Crippen molar-refractivity contribution in [3.8, 4) is 11.5 Å². The van der Waals surface area contributed by atoms with E-state index in [1.165, 1.54) is 10.4 Å². The molecule has 9 heteroatoms. The van der Waals surface area contributed by atoms with Gasteiger partial charge >= 0.3 is 0 Å². The van der Waals surface area contributed by atoms with Crippen LogP contribution < -0.4 is 9.47 Å². The fourth-order valence-corrected chi connectivity index (χ4v) is 5.62. The maximum Gasteiger partial charge on any atom is 0.246 e. The molecule has 2 aromatic carbocycles. The predicted octanol–water partition coefficient (Wildman–Crippen LogP) is 2.72. The highest BCUT2D eigenvalue weighted by molar-refractivity contribution is 9.10. The van der Waals surface area contributed by atoms with Gasteiger partial charge in [0.2, 0.25) is 22.7 Å². The molecule has 0 saturated carbocycles. The molecule has 2 aromatic rings. The first-order valence-corrected chi connectivity index (χ1v) is 11.3. The predicted molar refractivity (Wildman–Crippen MR) is 111 cm³/mol. The summed E-state index contributed by atoms with van der Waals surface area (Å²) in [5.74, 6) is 1.20. The van der Waals surface area contributed by atoms with Crippen LogP contribution in [0.3, 0.4) is 0 Å². The highest BCUT2D eigenvalue weighted by Crippen LogP contribution is 2.32. The van der Waals surface area contributed by atoms with E-state index in [-0.39, 0.29) is 30.7 Å². The minimum Gasteiger partial charge on any atom is -0.454 e. The lowest BCUT2D eigenvalue weighted by Gasteiger charge is -2.33. The summed E-state index contributed by atoms with van der Waals surface area (Å²) in [6.45, 7) is 1.40. The van der Waals surface area contributed by atoms with Crippen LogP contribution in [-0.2, 0) is 14.8 Å². The van der Waals surface area contributed by atoms with Gasteiger partial charge in [-0.15, -0.1) is 0 Å². The maximum atomic E-state index is 12.8. The van der Waals surface area contributed by atoms with Crippen molar-refractivity contribution < 1.29 is 22.7 Å². The Balaban J connectivity index is 1.38. The molecule has 1 amide bonds. The van der Waals surface area contributed by atoms with Crippen LogP contribution in [0.1, 0.15) is 5.56 Å². The van der Waals surface area contributed by atoms with Crippen LogP contribution in [0.2, 0.25) is 0 Å². The Labute approximate surface area is 177 Å². The van der Waals surface area contributed by atoms with Crippen LogP contribution >= 0.6 is 15.9 Å². The summed E-state index contributed by atoms with van der Waals surface area (Å²) >= 11 is 3.30. The van der Waals surface area contributed by atoms with E-state index in [2.05, 4.69) is 15.9 Å². The van der Waals surface area contributed by atoms with Crippen molar-refractivity contribution in [3.05, 3.63) is 58.6 Å². The van der Waals surface area contributed by atoms with Gasteiger partial charge in [-0.2, -0.15) is 4.31 Å². The zero-order chi connectivity index (χ0) is 20.4. The van der Waals surface area contributed by atoms with E-state index >= 15 is 0 Å². The zero-order valence-electron chi connectivity index (χ0n) is 15.5. The number of carbonyl (C=O) groups is 1. The molecule has 1 fully saturated rings. The Morgan fingerprint density at radius 1 is 1.00 bits per heavy atom. The van der Waals surface area contributed by atoms with E-state index in [0.29, 0.717) is 29.1 Å². The topological polar surface area (TPSA) is 76.2 Å². The number of fused-ring (bicyclic) bond motifs is 1. The molecule has 0 aromatic heterocycles. The number of benzene rings is 2. The first-order chi connectivity index (χ1) is 13.9. The molecule has 0 aliphatic carbocycles. The second-order valence-corrected chi connectivity index (χ2v) is 9.37. The number of ether oxygens (including phenoxy) is 2. The van der Waals surface area contributed by atoms with Crippen LogP contribution in [-0.4, -0.2) is 56.5 Å². The number of rotatable bonds is 4. The third-order valence-electron chi connectivity index (χ3n) is 4.82. The molecule has 0 radical (unpaired) electrons. The standard InChI is InChI=1S/C20H19BrN2O5S/c21-16-3-1-2-4-19(16)29(25,26)23-11-9-22(10-12-23)20(24)8-6-15-5-7-17-18(13-15)28-14-27-17/h1-8,13H,9-12,14H2/b8-6+. The summed E-state index contributed by atoms with van der Waals surface area (Å²) in [5.41, 5.74) is 0.831. The molecule has 0 atom stereocenters. The minimum atomic E-state index is -3.60. The molecule has 0 spiro atoms. The van der Waals surface area contributed by atoms with Crippen molar-refractivity contribution in [1.29, 1.82) is 0 Å². The zero-order valence-corrected chi connectivity index (χ0v) is 17.9. The number of nitrogens with zero attached hydrogens (tertiary/aromatic N) is 2. The lowest BCUT2D eigenvalue weighted by atomic mass is 10.2. The van der Waals surface area contributed by atoms with Crippen LogP contribution in [0, 0.1) is 0 Å². The fourth-order valence-electron chi connectivity index (χ4n) is 3.23. The molecule has 2 aliphatic rings. The third-order valence-corrected chi connectivity index (χ3v) is 7.73. The van der Waals surface area contributed by atoms with Gasteiger partial charge in [0.1, 0.15) is 0 Å². The summed E-state index contributed by atoms with van der Waals surface area (Å²) < 4.78 is 38.2. The van der Waals surface area contributed by atoms with Gasteiger partial charge < -0.3 is 14.4 Å². The summed E-state index contributed by atoms with van der Waals surface area (Å²) in [5, 5.41) is 0. The first kappa shape index (κ1) is 19.9. The molecule has 2 aliphatic heterocycles. The first-order valence-electron chi connectivity index (χ1n) is 9.06. The monoisotopic (exact) mass is 478 g/mol. The van der Waals surface area contributed by atoms with Gasteiger partial charge in [-0.1, -0.05) is 18.2 Å². The van der Waals surface area contributed by atoms with E-state index in [4.69, 9.17) is 9.47 Å². The van der Waals surface area contributed by atoms with Gasteiger partial charge in [0, 0.05) is 36.7 Å². The second kappa shape index (κ2) is 8.17. The number of amides is 1. The van der Waals surface area contributed by atoms with Crippen molar-refractivity contribution in [2.45, 2.75) is 4.90 Å². The molecular formula is C20H19BrN2O5S. The summed E-state index contributed by atoms with van der Waals surface area (Å²) in [4.78, 5) is 14.4. The molecule has 1 saturated heterocycles. The van der Waals surface area contributed by atoms with Gasteiger partial charge in [-0.3, -0.25) is 4.79 Å². The molecule has 29 heavy (non-hydrogen) atoms. The highest BCUT2D eigenvalue weighted by atomic mass is 79.9. The van der Waals surface area contributed by atoms with Gasteiger partial charge in [-0.25, -0.2) is 8.42 Å². The Kier molecular flexibility index (Phi) is 5.62. The second-order valence-electron chi connectivity index (χ2n) is 6.61. The molecule has 0 unspecified atom stereocenters.